The molecule has 0 saturated carbocycles. The van der Waals surface area contributed by atoms with E-state index in [4.69, 9.17) is 0 Å². The van der Waals surface area contributed by atoms with E-state index in [2.05, 4.69) is 27.4 Å². The van der Waals surface area contributed by atoms with E-state index < -0.39 is 0 Å². The molecule has 2 aromatic rings. The van der Waals surface area contributed by atoms with Crippen molar-refractivity contribution in [1.82, 2.24) is 4.90 Å². The van der Waals surface area contributed by atoms with Crippen LogP contribution in [-0.2, 0) is 0 Å². The van der Waals surface area contributed by atoms with Gasteiger partial charge in [-0.05, 0) is 50.4 Å². The third-order valence-electron chi connectivity index (χ3n) is 4.41. The summed E-state index contributed by atoms with van der Waals surface area (Å²) < 4.78 is 27.4. The molecular formula is C19H22F2N4. The molecule has 1 aliphatic heterocycles. The van der Waals surface area contributed by atoms with Crippen LogP contribution in [0.1, 0.15) is 12.5 Å². The van der Waals surface area contributed by atoms with Crippen LogP contribution in [-0.4, -0.2) is 43.8 Å². The van der Waals surface area contributed by atoms with E-state index >= 15 is 0 Å². The number of benzene rings is 2. The third kappa shape index (κ3) is 4.33. The lowest BCUT2D eigenvalue weighted by Crippen LogP contribution is -2.44. The molecule has 0 radical (unpaired) electrons. The molecule has 3 rings (SSSR count). The Morgan fingerprint density at radius 2 is 1.68 bits per heavy atom. The monoisotopic (exact) mass is 344 g/mol. The summed E-state index contributed by atoms with van der Waals surface area (Å²) in [5.41, 5.74) is 5.54. The first-order chi connectivity index (χ1) is 12.0. The maximum Gasteiger partial charge on any atom is 0.147 e. The number of hydrazone groups is 1. The van der Waals surface area contributed by atoms with E-state index in [1.165, 1.54) is 18.2 Å². The van der Waals surface area contributed by atoms with Crippen LogP contribution in [0.2, 0.25) is 0 Å². The third-order valence-corrected chi connectivity index (χ3v) is 4.41. The number of rotatable bonds is 4. The van der Waals surface area contributed by atoms with Gasteiger partial charge in [0.05, 0.1) is 17.1 Å². The maximum absolute atomic E-state index is 14.5. The summed E-state index contributed by atoms with van der Waals surface area (Å²) in [5, 5.41) is 4.24. The molecule has 0 atom stereocenters. The molecule has 4 nitrogen and oxygen atoms in total. The number of likely N-dealkylation sites (N-methyl/N-ethyl adjacent to an activating group) is 1. The van der Waals surface area contributed by atoms with Crippen molar-refractivity contribution in [3.63, 3.8) is 0 Å². The van der Waals surface area contributed by atoms with E-state index in [-0.39, 0.29) is 11.6 Å². The van der Waals surface area contributed by atoms with E-state index in [0.29, 0.717) is 22.6 Å². The Kier molecular flexibility index (Phi) is 5.28. The van der Waals surface area contributed by atoms with Crippen LogP contribution in [0.4, 0.5) is 20.2 Å². The normalized spacial score (nSPS) is 16.2. The standard InChI is InChI=1S/C19H22F2N4/c1-14(22-23-17-6-4-16(20)5-7-17)15-3-8-19(18(21)13-15)25-11-9-24(2)10-12-25/h3-8,13,23H,9-12H2,1-2H3/b22-14-. The van der Waals surface area contributed by atoms with E-state index in [9.17, 15) is 8.78 Å². The van der Waals surface area contributed by atoms with Crippen LogP contribution < -0.4 is 10.3 Å². The predicted octanol–water partition coefficient (Wildman–Crippen LogP) is 3.55. The second-order valence-electron chi connectivity index (χ2n) is 6.27. The smallest absolute Gasteiger partial charge is 0.147 e. The lowest BCUT2D eigenvalue weighted by atomic mass is 10.1. The average molecular weight is 344 g/mol. The Bertz CT molecular complexity index is 751. The van der Waals surface area contributed by atoms with Crippen molar-refractivity contribution in [3.8, 4) is 0 Å². The number of halogens is 2. The molecule has 25 heavy (non-hydrogen) atoms. The van der Waals surface area contributed by atoms with Crippen molar-refractivity contribution in [1.29, 1.82) is 0 Å². The van der Waals surface area contributed by atoms with Gasteiger partial charge < -0.3 is 9.80 Å². The molecule has 6 heteroatoms. The van der Waals surface area contributed by atoms with Gasteiger partial charge in [-0.3, -0.25) is 5.43 Å². The van der Waals surface area contributed by atoms with Crippen molar-refractivity contribution in [2.45, 2.75) is 6.92 Å². The molecule has 1 fully saturated rings. The van der Waals surface area contributed by atoms with Gasteiger partial charge in [0.1, 0.15) is 11.6 Å². The highest BCUT2D eigenvalue weighted by molar-refractivity contribution is 5.99. The number of nitrogens with zero attached hydrogens (tertiary/aromatic N) is 3. The number of anilines is 2. The zero-order chi connectivity index (χ0) is 17.8. The molecule has 0 aromatic heterocycles. The Balaban J connectivity index is 1.70. The minimum absolute atomic E-state index is 0.238. The fraction of sp³-hybridized carbons (Fsp3) is 0.316. The van der Waals surface area contributed by atoms with Crippen LogP contribution in [0.15, 0.2) is 47.6 Å². The number of piperazine rings is 1. The summed E-state index contributed by atoms with van der Waals surface area (Å²) >= 11 is 0. The summed E-state index contributed by atoms with van der Waals surface area (Å²) in [6, 6.07) is 11.1. The molecule has 0 bridgehead atoms. The molecule has 0 unspecified atom stereocenters. The van der Waals surface area contributed by atoms with Crippen LogP contribution in [0.25, 0.3) is 0 Å². The lowest BCUT2D eigenvalue weighted by Gasteiger charge is -2.34. The van der Waals surface area contributed by atoms with Crippen molar-refractivity contribution in [2.24, 2.45) is 5.10 Å². The van der Waals surface area contributed by atoms with Crippen molar-refractivity contribution < 1.29 is 8.78 Å². The molecule has 0 spiro atoms. The van der Waals surface area contributed by atoms with Crippen molar-refractivity contribution in [2.75, 3.05) is 43.6 Å². The van der Waals surface area contributed by atoms with E-state index in [1.807, 2.05) is 12.1 Å². The highest BCUT2D eigenvalue weighted by Gasteiger charge is 2.17. The summed E-state index contributed by atoms with van der Waals surface area (Å²) in [6.45, 7) is 5.32. The molecule has 0 aliphatic carbocycles. The molecule has 2 aromatic carbocycles. The molecule has 1 aliphatic rings. The topological polar surface area (TPSA) is 30.9 Å². The van der Waals surface area contributed by atoms with Crippen LogP contribution in [0.3, 0.4) is 0 Å². The summed E-state index contributed by atoms with van der Waals surface area (Å²) in [6.07, 6.45) is 0. The summed E-state index contributed by atoms with van der Waals surface area (Å²) in [5.74, 6) is -0.536. The predicted molar refractivity (Wildman–Crippen MR) is 98.3 cm³/mol. The molecule has 1 heterocycles. The van der Waals surface area contributed by atoms with Crippen LogP contribution in [0.5, 0.6) is 0 Å². The first-order valence-electron chi connectivity index (χ1n) is 8.32. The van der Waals surface area contributed by atoms with Crippen molar-refractivity contribution >= 4 is 17.1 Å². The highest BCUT2D eigenvalue weighted by atomic mass is 19.1. The van der Waals surface area contributed by atoms with Gasteiger partial charge in [0.15, 0.2) is 0 Å². The minimum atomic E-state index is -0.298. The van der Waals surface area contributed by atoms with Gasteiger partial charge in [-0.25, -0.2) is 8.78 Å². The van der Waals surface area contributed by atoms with Crippen LogP contribution in [0, 0.1) is 11.6 Å². The zero-order valence-electron chi connectivity index (χ0n) is 14.5. The Labute approximate surface area is 146 Å². The Hall–Kier alpha value is -2.47. The van der Waals surface area contributed by atoms with Crippen molar-refractivity contribution in [3.05, 3.63) is 59.7 Å². The van der Waals surface area contributed by atoms with Gasteiger partial charge in [-0.1, -0.05) is 6.07 Å². The van der Waals surface area contributed by atoms with Gasteiger partial charge >= 0.3 is 0 Å². The van der Waals surface area contributed by atoms with Gasteiger partial charge in [-0.15, -0.1) is 0 Å². The summed E-state index contributed by atoms with van der Waals surface area (Å²) in [7, 11) is 2.07. The molecular weight excluding hydrogens is 322 g/mol. The van der Waals surface area contributed by atoms with Gasteiger partial charge in [-0.2, -0.15) is 5.10 Å². The molecule has 132 valence electrons. The van der Waals surface area contributed by atoms with Crippen LogP contribution >= 0.6 is 0 Å². The molecule has 0 amide bonds. The van der Waals surface area contributed by atoms with Gasteiger partial charge in [0.25, 0.3) is 0 Å². The number of hydrogen-bond donors (Lipinski definition) is 1. The lowest BCUT2D eigenvalue weighted by molar-refractivity contribution is 0.311. The highest BCUT2D eigenvalue weighted by Crippen LogP contribution is 2.22. The quantitative estimate of drug-likeness (QED) is 0.680. The Morgan fingerprint density at radius 1 is 1.00 bits per heavy atom. The molecule has 1 N–H and O–H groups in total. The SMILES string of the molecule is C/C(=N/Nc1ccc(F)cc1)c1ccc(N2CCN(C)CC2)c(F)c1. The molecule has 1 saturated heterocycles. The van der Waals surface area contributed by atoms with E-state index in [0.717, 1.165) is 26.2 Å². The van der Waals surface area contributed by atoms with Gasteiger partial charge in [0, 0.05) is 31.7 Å². The largest absolute Gasteiger partial charge is 0.367 e. The fourth-order valence-electron chi connectivity index (χ4n) is 2.77. The van der Waals surface area contributed by atoms with E-state index in [1.54, 1.807) is 19.1 Å². The number of hydrogen-bond acceptors (Lipinski definition) is 4. The average Bonchev–Trinajstić information content (AvgIpc) is 2.62. The number of nitrogens with one attached hydrogen (secondary N) is 1. The maximum atomic E-state index is 14.5. The van der Waals surface area contributed by atoms with Gasteiger partial charge in [0.2, 0.25) is 0 Å². The zero-order valence-corrected chi connectivity index (χ0v) is 14.5. The first-order valence-corrected chi connectivity index (χ1v) is 8.32. The second kappa shape index (κ2) is 7.61. The fourth-order valence-corrected chi connectivity index (χ4v) is 2.77. The Morgan fingerprint density at radius 3 is 2.32 bits per heavy atom. The summed E-state index contributed by atoms with van der Waals surface area (Å²) in [4.78, 5) is 4.31. The minimum Gasteiger partial charge on any atom is -0.367 e. The second-order valence-corrected chi connectivity index (χ2v) is 6.27. The first kappa shape index (κ1) is 17.4.